The lowest BCUT2D eigenvalue weighted by atomic mass is 10.0. The quantitative estimate of drug-likeness (QED) is 0.180. The number of halogens is 1. The molecule has 0 radical (unpaired) electrons. The minimum absolute atomic E-state index is 0.243. The van der Waals surface area contributed by atoms with E-state index in [9.17, 15) is 5.11 Å². The van der Waals surface area contributed by atoms with Crippen molar-refractivity contribution in [2.24, 2.45) is 0 Å². The number of imidazole rings is 1. The van der Waals surface area contributed by atoms with Gasteiger partial charge in [0, 0.05) is 29.3 Å². The number of likely N-dealkylation sites (N-methyl/N-ethyl adjacent to an activating group) is 1. The molecule has 0 amide bonds. The van der Waals surface area contributed by atoms with E-state index in [1.165, 1.54) is 0 Å². The molecule has 0 spiro atoms. The van der Waals surface area contributed by atoms with Crippen molar-refractivity contribution in [1.82, 2.24) is 14.9 Å². The number of rotatable bonds is 14. The third kappa shape index (κ3) is 8.07. The van der Waals surface area contributed by atoms with Crippen LogP contribution in [0.2, 0.25) is 5.02 Å². The number of H-pyrrole nitrogens is 1. The lowest BCUT2D eigenvalue weighted by Gasteiger charge is -2.21. The van der Waals surface area contributed by atoms with Gasteiger partial charge in [0.25, 0.3) is 0 Å². The number of aliphatic hydroxyl groups is 1. The normalized spacial score (nSPS) is 12.1. The summed E-state index contributed by atoms with van der Waals surface area (Å²) in [6.07, 6.45) is -0.546. The Bertz CT molecular complexity index is 1290. The molecule has 0 saturated heterocycles. The summed E-state index contributed by atoms with van der Waals surface area (Å²) in [6, 6.07) is 22.9. The third-order valence-electron chi connectivity index (χ3n) is 6.32. The van der Waals surface area contributed by atoms with Crippen LogP contribution in [0, 0.1) is 0 Å². The van der Waals surface area contributed by atoms with Gasteiger partial charge in [-0.25, -0.2) is 4.98 Å². The fourth-order valence-corrected chi connectivity index (χ4v) is 4.30. The lowest BCUT2D eigenvalue weighted by Crippen LogP contribution is -2.35. The van der Waals surface area contributed by atoms with Gasteiger partial charge >= 0.3 is 0 Å². The van der Waals surface area contributed by atoms with Gasteiger partial charge in [-0.15, -0.1) is 0 Å². The van der Waals surface area contributed by atoms with Crippen LogP contribution in [0.25, 0.3) is 22.5 Å². The van der Waals surface area contributed by atoms with E-state index in [0.29, 0.717) is 30.5 Å². The summed E-state index contributed by atoms with van der Waals surface area (Å²) in [5.74, 6) is 2.90. The first kappa shape index (κ1) is 28.6. The maximum atomic E-state index is 10.3. The second kappa shape index (κ2) is 14.1. The predicted octanol–water partition coefficient (Wildman–Crippen LogP) is 6.81. The lowest BCUT2D eigenvalue weighted by molar-refractivity contribution is 0.0716. The largest absolute Gasteiger partial charge is 0.491 e. The van der Waals surface area contributed by atoms with Crippen LogP contribution < -0.4 is 9.47 Å². The van der Waals surface area contributed by atoms with E-state index in [1.54, 1.807) is 12.1 Å². The van der Waals surface area contributed by atoms with Crippen molar-refractivity contribution in [3.8, 4) is 39.8 Å². The summed E-state index contributed by atoms with van der Waals surface area (Å²) >= 11 is 5.97. The SMILES string of the molecule is CCOCc1nc(-c2ccc(OC[C@@H](O)CN(CC)CC)cc2)c(-c2ccc(Oc3ccc(Cl)cc3)cc2)[nH]1. The van der Waals surface area contributed by atoms with E-state index in [0.717, 1.165) is 52.9 Å². The van der Waals surface area contributed by atoms with Crippen molar-refractivity contribution in [3.05, 3.63) is 83.6 Å². The smallest absolute Gasteiger partial charge is 0.133 e. The Morgan fingerprint density at radius 2 is 1.44 bits per heavy atom. The fraction of sp³-hybridized carbons (Fsp3) is 0.323. The first-order chi connectivity index (χ1) is 19.0. The van der Waals surface area contributed by atoms with Crippen molar-refractivity contribution in [2.45, 2.75) is 33.5 Å². The third-order valence-corrected chi connectivity index (χ3v) is 6.57. The zero-order valence-corrected chi connectivity index (χ0v) is 23.4. The number of aromatic amines is 1. The summed E-state index contributed by atoms with van der Waals surface area (Å²) in [7, 11) is 0. The van der Waals surface area contributed by atoms with E-state index >= 15 is 0 Å². The minimum Gasteiger partial charge on any atom is -0.491 e. The Morgan fingerprint density at radius 1 is 0.846 bits per heavy atom. The molecule has 1 atom stereocenters. The Hall–Kier alpha value is -3.36. The first-order valence-electron chi connectivity index (χ1n) is 13.3. The molecule has 7 nitrogen and oxygen atoms in total. The number of aromatic nitrogens is 2. The molecular formula is C31H36ClN3O4. The molecule has 2 N–H and O–H groups in total. The highest BCUT2D eigenvalue weighted by atomic mass is 35.5. The summed E-state index contributed by atoms with van der Waals surface area (Å²) in [4.78, 5) is 10.4. The minimum atomic E-state index is -0.546. The summed E-state index contributed by atoms with van der Waals surface area (Å²) in [5, 5.41) is 11.0. The van der Waals surface area contributed by atoms with Crippen molar-refractivity contribution in [1.29, 1.82) is 0 Å². The maximum Gasteiger partial charge on any atom is 0.133 e. The zero-order valence-electron chi connectivity index (χ0n) is 22.7. The van der Waals surface area contributed by atoms with Crippen LogP contribution in [0.15, 0.2) is 72.8 Å². The number of ether oxygens (including phenoxy) is 3. The van der Waals surface area contributed by atoms with Crippen LogP contribution in [0.3, 0.4) is 0 Å². The molecule has 39 heavy (non-hydrogen) atoms. The molecule has 1 heterocycles. The topological polar surface area (TPSA) is 79.8 Å². The Morgan fingerprint density at radius 3 is 2.05 bits per heavy atom. The van der Waals surface area contributed by atoms with E-state index in [2.05, 4.69) is 23.7 Å². The van der Waals surface area contributed by atoms with Crippen molar-refractivity contribution >= 4 is 11.6 Å². The van der Waals surface area contributed by atoms with Gasteiger partial charge in [-0.05, 0) is 92.8 Å². The van der Waals surface area contributed by atoms with Crippen molar-refractivity contribution in [2.75, 3.05) is 32.8 Å². The standard InChI is InChI=1S/C31H36ClN3O4/c1-4-35(5-2)19-25(36)20-38-26-13-7-22(8-14-26)30-31(34-29(33-30)21-37-6-3)23-9-15-27(16-10-23)39-28-17-11-24(32)12-18-28/h7-18,25,36H,4-6,19-21H2,1-3H3,(H,33,34)/t25-/m0/s1. The number of hydrogen-bond donors (Lipinski definition) is 2. The second-order valence-corrected chi connectivity index (χ2v) is 9.54. The molecule has 0 aliphatic rings. The molecule has 4 aromatic rings. The molecule has 0 fully saturated rings. The molecule has 8 heteroatoms. The Balaban J connectivity index is 1.50. The average Bonchev–Trinajstić information content (AvgIpc) is 3.39. The first-order valence-corrected chi connectivity index (χ1v) is 13.7. The van der Waals surface area contributed by atoms with Gasteiger partial charge in [-0.3, -0.25) is 0 Å². The molecule has 1 aromatic heterocycles. The molecule has 0 aliphatic heterocycles. The van der Waals surface area contributed by atoms with Gasteiger partial charge in [0.2, 0.25) is 0 Å². The summed E-state index contributed by atoms with van der Waals surface area (Å²) in [5.41, 5.74) is 3.64. The van der Waals surface area contributed by atoms with Gasteiger partial charge in [0.15, 0.2) is 0 Å². The van der Waals surface area contributed by atoms with Crippen LogP contribution >= 0.6 is 11.6 Å². The van der Waals surface area contributed by atoms with E-state index in [4.69, 9.17) is 30.8 Å². The van der Waals surface area contributed by atoms with Crippen LogP contribution in [-0.2, 0) is 11.3 Å². The maximum absolute atomic E-state index is 10.3. The molecule has 0 bridgehead atoms. The van der Waals surface area contributed by atoms with Gasteiger partial charge in [-0.1, -0.05) is 25.4 Å². The highest BCUT2D eigenvalue weighted by Crippen LogP contribution is 2.33. The highest BCUT2D eigenvalue weighted by Gasteiger charge is 2.16. The number of benzene rings is 3. The molecule has 3 aromatic carbocycles. The molecule has 0 unspecified atom stereocenters. The highest BCUT2D eigenvalue weighted by molar-refractivity contribution is 6.30. The van der Waals surface area contributed by atoms with Gasteiger partial charge < -0.3 is 29.2 Å². The molecule has 4 rings (SSSR count). The zero-order chi connectivity index (χ0) is 27.6. The van der Waals surface area contributed by atoms with Crippen molar-refractivity contribution in [3.63, 3.8) is 0 Å². The number of nitrogens with zero attached hydrogens (tertiary/aromatic N) is 2. The number of aliphatic hydroxyl groups excluding tert-OH is 1. The van der Waals surface area contributed by atoms with E-state index in [-0.39, 0.29) is 6.61 Å². The average molecular weight is 550 g/mol. The molecule has 206 valence electrons. The summed E-state index contributed by atoms with van der Waals surface area (Å²) < 4.78 is 17.4. The monoisotopic (exact) mass is 549 g/mol. The summed E-state index contributed by atoms with van der Waals surface area (Å²) in [6.45, 7) is 9.77. The van der Waals surface area contributed by atoms with E-state index < -0.39 is 6.10 Å². The van der Waals surface area contributed by atoms with E-state index in [1.807, 2.05) is 67.6 Å². The Labute approximate surface area is 235 Å². The van der Waals surface area contributed by atoms with Crippen LogP contribution in [0.5, 0.6) is 17.2 Å². The van der Waals surface area contributed by atoms with Gasteiger partial charge in [0.1, 0.15) is 42.4 Å². The predicted molar refractivity (Wildman–Crippen MR) is 156 cm³/mol. The molecular weight excluding hydrogens is 514 g/mol. The Kier molecular flexibility index (Phi) is 10.4. The van der Waals surface area contributed by atoms with Crippen molar-refractivity contribution < 1.29 is 19.3 Å². The molecule has 0 saturated carbocycles. The van der Waals surface area contributed by atoms with Gasteiger partial charge in [0.05, 0.1) is 11.4 Å². The van der Waals surface area contributed by atoms with Crippen LogP contribution in [0.4, 0.5) is 0 Å². The number of hydrogen-bond acceptors (Lipinski definition) is 6. The van der Waals surface area contributed by atoms with Crippen LogP contribution in [0.1, 0.15) is 26.6 Å². The fourth-order valence-electron chi connectivity index (χ4n) is 4.17. The molecule has 0 aliphatic carbocycles. The second-order valence-electron chi connectivity index (χ2n) is 9.10. The van der Waals surface area contributed by atoms with Gasteiger partial charge in [-0.2, -0.15) is 0 Å². The van der Waals surface area contributed by atoms with Crippen LogP contribution in [-0.4, -0.2) is 58.9 Å². The number of nitrogens with one attached hydrogen (secondary N) is 1.